The van der Waals surface area contributed by atoms with Gasteiger partial charge in [-0.15, -0.1) is 0 Å². The van der Waals surface area contributed by atoms with E-state index in [4.69, 9.17) is 5.73 Å². The minimum absolute atomic E-state index is 0.0658. The Balaban J connectivity index is 1.65. The summed E-state index contributed by atoms with van der Waals surface area (Å²) < 4.78 is 0. The summed E-state index contributed by atoms with van der Waals surface area (Å²) in [5.41, 5.74) is 9.07. The normalized spacial score (nSPS) is 17.9. The third-order valence-corrected chi connectivity index (χ3v) is 5.40. The van der Waals surface area contributed by atoms with Crippen LogP contribution in [0.25, 0.3) is 0 Å². The standard InChI is InChI=1S/C22H30N4O/c1-16(21(23)17-8-4-3-5-9-17)22(27)25-20-11-7-6-10-19(20)24-18-12-14-26(2)15-13-18/h3-11,16,18,21,24H,12-15,23H2,1-2H3,(H,25,27). The van der Waals surface area contributed by atoms with Crippen LogP contribution >= 0.6 is 0 Å². The van der Waals surface area contributed by atoms with Crippen molar-refractivity contribution in [1.29, 1.82) is 0 Å². The molecule has 1 aliphatic heterocycles. The molecule has 2 aromatic carbocycles. The van der Waals surface area contributed by atoms with Gasteiger partial charge in [-0.2, -0.15) is 0 Å². The minimum atomic E-state index is -0.333. The van der Waals surface area contributed by atoms with Crippen LogP contribution in [0.2, 0.25) is 0 Å². The van der Waals surface area contributed by atoms with Crippen molar-refractivity contribution in [2.75, 3.05) is 30.8 Å². The molecule has 5 heteroatoms. The first kappa shape index (κ1) is 19.4. The molecule has 1 amide bonds. The van der Waals surface area contributed by atoms with Crippen LogP contribution in [0.4, 0.5) is 11.4 Å². The lowest BCUT2D eigenvalue weighted by atomic mass is 9.94. The number of nitrogens with zero attached hydrogens (tertiary/aromatic N) is 1. The van der Waals surface area contributed by atoms with E-state index in [0.29, 0.717) is 6.04 Å². The summed E-state index contributed by atoms with van der Waals surface area (Å²) in [4.78, 5) is 15.1. The van der Waals surface area contributed by atoms with Crippen LogP contribution in [-0.2, 0) is 4.79 Å². The molecular formula is C22H30N4O. The highest BCUT2D eigenvalue weighted by molar-refractivity contribution is 5.96. The molecule has 2 unspecified atom stereocenters. The number of likely N-dealkylation sites (tertiary alicyclic amines) is 1. The number of hydrogen-bond donors (Lipinski definition) is 3. The van der Waals surface area contributed by atoms with Crippen LogP contribution in [0.1, 0.15) is 31.4 Å². The number of carbonyl (C=O) groups excluding carboxylic acids is 1. The Morgan fingerprint density at radius 2 is 1.63 bits per heavy atom. The van der Waals surface area contributed by atoms with Gasteiger partial charge in [0.25, 0.3) is 0 Å². The molecule has 0 aliphatic carbocycles. The lowest BCUT2D eigenvalue weighted by Gasteiger charge is -2.31. The molecule has 1 aliphatic rings. The highest BCUT2D eigenvalue weighted by Gasteiger charge is 2.23. The smallest absolute Gasteiger partial charge is 0.229 e. The maximum Gasteiger partial charge on any atom is 0.229 e. The van der Waals surface area contributed by atoms with E-state index in [1.165, 1.54) is 0 Å². The Hall–Kier alpha value is -2.37. The van der Waals surface area contributed by atoms with Crippen molar-refractivity contribution >= 4 is 17.3 Å². The zero-order valence-corrected chi connectivity index (χ0v) is 16.2. The third kappa shape index (κ3) is 5.08. The van der Waals surface area contributed by atoms with Crippen molar-refractivity contribution in [2.45, 2.75) is 31.8 Å². The molecule has 4 N–H and O–H groups in total. The van der Waals surface area contributed by atoms with Crippen molar-refractivity contribution < 1.29 is 4.79 Å². The Bertz CT molecular complexity index is 741. The molecule has 3 rings (SSSR count). The predicted molar refractivity (Wildman–Crippen MR) is 112 cm³/mol. The van der Waals surface area contributed by atoms with Crippen LogP contribution < -0.4 is 16.4 Å². The monoisotopic (exact) mass is 366 g/mol. The maximum absolute atomic E-state index is 12.8. The maximum atomic E-state index is 12.8. The molecule has 5 nitrogen and oxygen atoms in total. The molecule has 1 heterocycles. The highest BCUT2D eigenvalue weighted by atomic mass is 16.1. The number of nitrogens with two attached hydrogens (primary N) is 1. The lowest BCUT2D eigenvalue weighted by Crippen LogP contribution is -2.37. The molecule has 1 fully saturated rings. The molecule has 1 saturated heterocycles. The summed E-state index contributed by atoms with van der Waals surface area (Å²) in [7, 11) is 2.15. The fourth-order valence-corrected chi connectivity index (χ4v) is 3.46. The fraction of sp³-hybridized carbons (Fsp3) is 0.409. The lowest BCUT2D eigenvalue weighted by molar-refractivity contribution is -0.120. The first-order valence-corrected chi connectivity index (χ1v) is 9.70. The first-order valence-electron chi connectivity index (χ1n) is 9.70. The Kier molecular flexibility index (Phi) is 6.48. The van der Waals surface area contributed by atoms with Gasteiger partial charge in [0.2, 0.25) is 5.91 Å². The van der Waals surface area contributed by atoms with Gasteiger partial charge in [-0.1, -0.05) is 49.4 Å². The molecule has 144 valence electrons. The molecular weight excluding hydrogens is 336 g/mol. The zero-order valence-electron chi connectivity index (χ0n) is 16.2. The SMILES string of the molecule is CC(C(=O)Nc1ccccc1NC1CCN(C)CC1)C(N)c1ccccc1. The van der Waals surface area contributed by atoms with Crippen LogP contribution in [0.3, 0.4) is 0 Å². The average Bonchev–Trinajstić information content (AvgIpc) is 2.70. The van der Waals surface area contributed by atoms with Gasteiger partial charge >= 0.3 is 0 Å². The van der Waals surface area contributed by atoms with Crippen LogP contribution in [-0.4, -0.2) is 37.0 Å². The molecule has 0 radical (unpaired) electrons. The zero-order chi connectivity index (χ0) is 19.2. The van der Waals surface area contributed by atoms with Crippen molar-refractivity contribution in [3.63, 3.8) is 0 Å². The van der Waals surface area contributed by atoms with Crippen molar-refractivity contribution in [3.8, 4) is 0 Å². The molecule has 0 bridgehead atoms. The van der Waals surface area contributed by atoms with Gasteiger partial charge in [-0.05, 0) is 50.7 Å². The van der Waals surface area contributed by atoms with Crippen LogP contribution in [0.15, 0.2) is 54.6 Å². The van der Waals surface area contributed by atoms with Crippen molar-refractivity contribution in [3.05, 3.63) is 60.2 Å². The van der Waals surface area contributed by atoms with Crippen molar-refractivity contribution in [2.24, 2.45) is 11.7 Å². The highest BCUT2D eigenvalue weighted by Crippen LogP contribution is 2.26. The van der Waals surface area contributed by atoms with Gasteiger partial charge in [0, 0.05) is 12.1 Å². The van der Waals surface area contributed by atoms with E-state index in [-0.39, 0.29) is 17.9 Å². The van der Waals surface area contributed by atoms with E-state index in [2.05, 4.69) is 22.6 Å². The second-order valence-corrected chi connectivity index (χ2v) is 7.48. The predicted octanol–water partition coefficient (Wildman–Crippen LogP) is 3.47. The summed E-state index contributed by atoms with van der Waals surface area (Å²) in [5.74, 6) is -0.396. The molecule has 2 aromatic rings. The number of para-hydroxylation sites is 2. The second-order valence-electron chi connectivity index (χ2n) is 7.48. The number of nitrogens with one attached hydrogen (secondary N) is 2. The number of rotatable bonds is 6. The summed E-state index contributed by atoms with van der Waals surface area (Å²) in [6.07, 6.45) is 2.21. The van der Waals surface area contributed by atoms with E-state index in [0.717, 1.165) is 42.9 Å². The molecule has 0 aromatic heterocycles. The minimum Gasteiger partial charge on any atom is -0.381 e. The summed E-state index contributed by atoms with van der Waals surface area (Å²) in [5, 5.41) is 6.67. The largest absolute Gasteiger partial charge is 0.381 e. The number of piperidine rings is 1. The Labute approximate surface area is 161 Å². The molecule has 2 atom stereocenters. The Morgan fingerprint density at radius 1 is 1.04 bits per heavy atom. The van der Waals surface area contributed by atoms with Gasteiger partial charge < -0.3 is 21.3 Å². The number of anilines is 2. The number of hydrogen-bond acceptors (Lipinski definition) is 4. The second kappa shape index (κ2) is 9.02. The average molecular weight is 367 g/mol. The summed E-state index contributed by atoms with van der Waals surface area (Å²) >= 11 is 0. The Morgan fingerprint density at radius 3 is 2.30 bits per heavy atom. The number of carbonyl (C=O) groups is 1. The summed E-state index contributed by atoms with van der Waals surface area (Å²) in [6, 6.07) is 17.8. The van der Waals surface area contributed by atoms with Gasteiger partial charge in [-0.3, -0.25) is 4.79 Å². The van der Waals surface area contributed by atoms with Gasteiger partial charge in [-0.25, -0.2) is 0 Å². The van der Waals surface area contributed by atoms with E-state index >= 15 is 0 Å². The van der Waals surface area contributed by atoms with Crippen LogP contribution in [0.5, 0.6) is 0 Å². The first-order chi connectivity index (χ1) is 13.0. The van der Waals surface area contributed by atoms with Gasteiger partial charge in [0.1, 0.15) is 0 Å². The number of benzene rings is 2. The van der Waals surface area contributed by atoms with E-state index in [1.54, 1.807) is 0 Å². The van der Waals surface area contributed by atoms with Gasteiger partial charge in [0.05, 0.1) is 17.3 Å². The third-order valence-electron chi connectivity index (χ3n) is 5.40. The molecule has 27 heavy (non-hydrogen) atoms. The molecule has 0 saturated carbocycles. The van der Waals surface area contributed by atoms with Crippen LogP contribution in [0, 0.1) is 5.92 Å². The van der Waals surface area contributed by atoms with Crippen molar-refractivity contribution in [1.82, 2.24) is 4.90 Å². The van der Waals surface area contributed by atoms with Gasteiger partial charge in [0.15, 0.2) is 0 Å². The topological polar surface area (TPSA) is 70.4 Å². The summed E-state index contributed by atoms with van der Waals surface area (Å²) in [6.45, 7) is 4.06. The van der Waals surface area contributed by atoms with E-state index < -0.39 is 0 Å². The fourth-order valence-electron chi connectivity index (χ4n) is 3.46. The van der Waals surface area contributed by atoms with E-state index in [9.17, 15) is 4.79 Å². The number of amides is 1. The van der Waals surface area contributed by atoms with E-state index in [1.807, 2.05) is 61.5 Å². The quantitative estimate of drug-likeness (QED) is 0.732. The molecule has 0 spiro atoms.